The highest BCUT2D eigenvalue weighted by atomic mass is 16.5. The van der Waals surface area contributed by atoms with Crippen LogP contribution in [0.3, 0.4) is 0 Å². The number of benzene rings is 2. The molecule has 0 saturated heterocycles. The maximum Gasteiger partial charge on any atom is 0.268 e. The van der Waals surface area contributed by atoms with Gasteiger partial charge in [0.1, 0.15) is 5.75 Å². The summed E-state index contributed by atoms with van der Waals surface area (Å²) in [5.74, 6) is 0.531. The zero-order chi connectivity index (χ0) is 16.2. The summed E-state index contributed by atoms with van der Waals surface area (Å²) in [6.45, 7) is 0.499. The van der Waals surface area contributed by atoms with E-state index >= 15 is 0 Å². The Kier molecular flexibility index (Phi) is 4.48. The van der Waals surface area contributed by atoms with Crippen molar-refractivity contribution in [3.05, 3.63) is 54.1 Å². The molecule has 120 valence electrons. The molecule has 0 spiro atoms. The number of carbonyl (C=O) groups is 1. The Morgan fingerprint density at radius 2 is 1.96 bits per heavy atom. The van der Waals surface area contributed by atoms with Crippen LogP contribution in [0.5, 0.6) is 5.75 Å². The number of hydrogen-bond acceptors (Lipinski definition) is 4. The van der Waals surface area contributed by atoms with Crippen LogP contribution >= 0.6 is 0 Å². The molecule has 2 aromatic rings. The summed E-state index contributed by atoms with van der Waals surface area (Å²) in [5, 5.41) is 9.09. The molecule has 5 heteroatoms. The number of ether oxygens (including phenoxy) is 1. The lowest BCUT2D eigenvalue weighted by Gasteiger charge is -2.34. The molecule has 2 aromatic carbocycles. The highest BCUT2D eigenvalue weighted by Gasteiger charge is 2.34. The van der Waals surface area contributed by atoms with E-state index in [1.165, 1.54) is 0 Å². The lowest BCUT2D eigenvalue weighted by atomic mass is 10.0. The molecule has 1 atom stereocenters. The molecule has 0 radical (unpaired) electrons. The van der Waals surface area contributed by atoms with E-state index in [0.29, 0.717) is 36.5 Å². The monoisotopic (exact) mass is 312 g/mol. The summed E-state index contributed by atoms with van der Waals surface area (Å²) in [6, 6.07) is 15.1. The van der Waals surface area contributed by atoms with Gasteiger partial charge in [-0.2, -0.15) is 0 Å². The van der Waals surface area contributed by atoms with Crippen LogP contribution in [0, 0.1) is 0 Å². The van der Waals surface area contributed by atoms with E-state index in [1.807, 2.05) is 30.3 Å². The highest BCUT2D eigenvalue weighted by Crippen LogP contribution is 2.36. The van der Waals surface area contributed by atoms with E-state index in [1.54, 1.807) is 23.1 Å². The van der Waals surface area contributed by atoms with E-state index in [9.17, 15) is 4.79 Å². The second-order valence-corrected chi connectivity index (χ2v) is 5.59. The third-order valence-corrected chi connectivity index (χ3v) is 3.89. The summed E-state index contributed by atoms with van der Waals surface area (Å²) < 4.78 is 5.91. The average Bonchev–Trinajstić information content (AvgIpc) is 2.56. The van der Waals surface area contributed by atoms with Crippen LogP contribution < -0.4 is 15.4 Å². The molecule has 3 rings (SSSR count). The predicted molar refractivity (Wildman–Crippen MR) is 89.5 cm³/mol. The first-order chi connectivity index (χ1) is 11.2. The second kappa shape index (κ2) is 6.71. The number of hydrogen-bond donors (Lipinski definition) is 2. The van der Waals surface area contributed by atoms with Gasteiger partial charge in [0.15, 0.2) is 6.10 Å². The van der Waals surface area contributed by atoms with Crippen molar-refractivity contribution < 1.29 is 14.6 Å². The molecule has 23 heavy (non-hydrogen) atoms. The van der Waals surface area contributed by atoms with Gasteiger partial charge in [0, 0.05) is 31.3 Å². The van der Waals surface area contributed by atoms with Gasteiger partial charge in [0.25, 0.3) is 5.91 Å². The zero-order valence-electron chi connectivity index (χ0n) is 12.8. The summed E-state index contributed by atoms with van der Waals surface area (Å²) in [5.41, 5.74) is 8.18. The molecular formula is C18H20N2O3. The van der Waals surface area contributed by atoms with Crippen molar-refractivity contribution in [1.82, 2.24) is 0 Å². The van der Waals surface area contributed by atoms with Crippen LogP contribution in [0.15, 0.2) is 48.5 Å². The van der Waals surface area contributed by atoms with Crippen molar-refractivity contribution in [2.24, 2.45) is 0 Å². The van der Waals surface area contributed by atoms with Gasteiger partial charge in [-0.1, -0.05) is 30.3 Å². The van der Waals surface area contributed by atoms with Crippen molar-refractivity contribution in [2.45, 2.75) is 18.9 Å². The summed E-state index contributed by atoms with van der Waals surface area (Å²) >= 11 is 0. The Hall–Kier alpha value is -2.53. The number of amides is 1. The number of fused-ring (bicyclic) bond motifs is 1. The van der Waals surface area contributed by atoms with E-state index in [0.717, 1.165) is 5.56 Å². The Labute approximate surface area is 135 Å². The van der Waals surface area contributed by atoms with E-state index in [-0.39, 0.29) is 12.5 Å². The van der Waals surface area contributed by atoms with Crippen LogP contribution in [0.25, 0.3) is 0 Å². The van der Waals surface area contributed by atoms with Crippen molar-refractivity contribution in [3.8, 4) is 5.75 Å². The van der Waals surface area contributed by atoms with Gasteiger partial charge < -0.3 is 20.5 Å². The average molecular weight is 312 g/mol. The third-order valence-electron chi connectivity index (χ3n) is 3.89. The largest absolute Gasteiger partial charge is 0.478 e. The first-order valence-electron chi connectivity index (χ1n) is 7.71. The van der Waals surface area contributed by atoms with Gasteiger partial charge >= 0.3 is 0 Å². The molecule has 1 aliphatic rings. The van der Waals surface area contributed by atoms with E-state index < -0.39 is 6.10 Å². The SMILES string of the molecule is Nc1ccc2c(c1)OC(Cc1ccccc1)C(=O)N2CCCO. The normalized spacial score (nSPS) is 16.8. The van der Waals surface area contributed by atoms with Gasteiger partial charge in [-0.15, -0.1) is 0 Å². The molecule has 3 N–H and O–H groups in total. The van der Waals surface area contributed by atoms with Gasteiger partial charge in [-0.3, -0.25) is 4.79 Å². The van der Waals surface area contributed by atoms with Crippen LogP contribution in [-0.2, 0) is 11.2 Å². The molecule has 0 saturated carbocycles. The van der Waals surface area contributed by atoms with Gasteiger partial charge in [0.05, 0.1) is 5.69 Å². The molecule has 1 aliphatic heterocycles. The Balaban J connectivity index is 1.89. The molecular weight excluding hydrogens is 292 g/mol. The van der Waals surface area contributed by atoms with Crippen molar-refractivity contribution in [3.63, 3.8) is 0 Å². The molecule has 1 unspecified atom stereocenters. The van der Waals surface area contributed by atoms with Crippen molar-refractivity contribution in [2.75, 3.05) is 23.8 Å². The number of rotatable bonds is 5. The topological polar surface area (TPSA) is 75.8 Å². The number of nitrogens with two attached hydrogens (primary N) is 1. The van der Waals surface area contributed by atoms with Gasteiger partial charge in [0.2, 0.25) is 0 Å². The second-order valence-electron chi connectivity index (χ2n) is 5.59. The quantitative estimate of drug-likeness (QED) is 0.828. The number of aliphatic hydroxyl groups is 1. The fourth-order valence-electron chi connectivity index (χ4n) is 2.76. The lowest BCUT2D eigenvalue weighted by molar-refractivity contribution is -0.126. The smallest absolute Gasteiger partial charge is 0.268 e. The molecule has 0 aromatic heterocycles. The number of anilines is 2. The molecule has 1 heterocycles. The first kappa shape index (κ1) is 15.4. The fraction of sp³-hybridized carbons (Fsp3) is 0.278. The van der Waals surface area contributed by atoms with Crippen LogP contribution in [0.1, 0.15) is 12.0 Å². The van der Waals surface area contributed by atoms with Crippen LogP contribution in [0.4, 0.5) is 11.4 Å². The first-order valence-corrected chi connectivity index (χ1v) is 7.71. The van der Waals surface area contributed by atoms with Crippen LogP contribution in [-0.4, -0.2) is 30.3 Å². The van der Waals surface area contributed by atoms with Gasteiger partial charge in [-0.25, -0.2) is 0 Å². The lowest BCUT2D eigenvalue weighted by Crippen LogP contribution is -2.47. The number of carbonyl (C=O) groups excluding carboxylic acids is 1. The minimum absolute atomic E-state index is 0.0400. The minimum atomic E-state index is -0.578. The standard InChI is InChI=1S/C18H20N2O3/c19-14-7-8-15-16(12-14)23-17(11-13-5-2-1-3-6-13)18(22)20(15)9-4-10-21/h1-3,5-8,12,17,21H,4,9-11,19H2. The fourth-order valence-corrected chi connectivity index (χ4v) is 2.76. The molecule has 0 aliphatic carbocycles. The predicted octanol–water partition coefficient (Wildman–Crippen LogP) is 1.99. The molecule has 5 nitrogen and oxygen atoms in total. The van der Waals surface area contributed by atoms with Crippen molar-refractivity contribution in [1.29, 1.82) is 0 Å². The highest BCUT2D eigenvalue weighted by molar-refractivity contribution is 6.00. The molecule has 0 bridgehead atoms. The number of nitrogens with zero attached hydrogens (tertiary/aromatic N) is 1. The zero-order valence-corrected chi connectivity index (χ0v) is 12.8. The van der Waals surface area contributed by atoms with Crippen molar-refractivity contribution >= 4 is 17.3 Å². The Bertz CT molecular complexity index is 688. The molecule has 1 amide bonds. The van der Waals surface area contributed by atoms with E-state index in [2.05, 4.69) is 0 Å². The maximum absolute atomic E-state index is 12.8. The minimum Gasteiger partial charge on any atom is -0.478 e. The number of aliphatic hydroxyl groups excluding tert-OH is 1. The summed E-state index contributed by atoms with van der Waals surface area (Å²) in [6.07, 6.45) is 0.447. The van der Waals surface area contributed by atoms with Crippen LogP contribution in [0.2, 0.25) is 0 Å². The number of nitrogen functional groups attached to an aromatic ring is 1. The molecule has 0 fully saturated rings. The third kappa shape index (κ3) is 3.29. The van der Waals surface area contributed by atoms with Gasteiger partial charge in [-0.05, 0) is 24.1 Å². The maximum atomic E-state index is 12.8. The van der Waals surface area contributed by atoms with E-state index in [4.69, 9.17) is 15.6 Å². The summed E-state index contributed by atoms with van der Waals surface area (Å²) in [7, 11) is 0. The Morgan fingerprint density at radius 3 is 2.70 bits per heavy atom. The Morgan fingerprint density at radius 1 is 1.17 bits per heavy atom. The summed E-state index contributed by atoms with van der Waals surface area (Å²) in [4.78, 5) is 14.5.